The predicted molar refractivity (Wildman–Crippen MR) is 94.0 cm³/mol. The second-order valence-corrected chi connectivity index (χ2v) is 5.57. The number of nitrogens with one attached hydrogen (secondary N) is 2. The van der Waals surface area contributed by atoms with Gasteiger partial charge in [0.05, 0.1) is 0 Å². The fraction of sp³-hybridized carbons (Fsp3) is 0.333. The van der Waals surface area contributed by atoms with Crippen LogP contribution in [0.15, 0.2) is 47.6 Å². The number of halogens is 3. The molecular formula is C18H21F3N4O. The fourth-order valence-electron chi connectivity index (χ4n) is 2.25. The molecule has 0 saturated heterocycles. The van der Waals surface area contributed by atoms with Crippen LogP contribution in [0.1, 0.15) is 16.8 Å². The second kappa shape index (κ2) is 9.07. The van der Waals surface area contributed by atoms with Gasteiger partial charge in [-0.15, -0.1) is 13.2 Å². The third-order valence-electron chi connectivity index (χ3n) is 3.55. The first-order valence-electron chi connectivity index (χ1n) is 8.07. The van der Waals surface area contributed by atoms with Crippen LogP contribution in [0.5, 0.6) is 5.75 Å². The number of pyridine rings is 1. The van der Waals surface area contributed by atoms with Crippen molar-refractivity contribution in [3.8, 4) is 5.75 Å². The van der Waals surface area contributed by atoms with E-state index in [1.807, 2.05) is 25.3 Å². The Bertz CT molecular complexity index is 730. The summed E-state index contributed by atoms with van der Waals surface area (Å²) in [5.74, 6) is 0.264. The van der Waals surface area contributed by atoms with Crippen molar-refractivity contribution >= 4 is 5.96 Å². The van der Waals surface area contributed by atoms with Crippen LogP contribution in [0, 0.1) is 6.92 Å². The molecule has 0 saturated carbocycles. The van der Waals surface area contributed by atoms with E-state index >= 15 is 0 Å². The van der Waals surface area contributed by atoms with Crippen LogP contribution in [0.4, 0.5) is 13.2 Å². The van der Waals surface area contributed by atoms with Gasteiger partial charge in [0.25, 0.3) is 0 Å². The molecule has 1 aromatic carbocycles. The van der Waals surface area contributed by atoms with Gasteiger partial charge in [-0.3, -0.25) is 9.98 Å². The first-order valence-corrected chi connectivity index (χ1v) is 8.07. The molecule has 2 rings (SSSR count). The molecule has 0 aliphatic carbocycles. The van der Waals surface area contributed by atoms with Gasteiger partial charge in [-0.25, -0.2) is 0 Å². The van der Waals surface area contributed by atoms with Crippen LogP contribution in [-0.2, 0) is 13.0 Å². The normalized spacial score (nSPS) is 12.0. The quantitative estimate of drug-likeness (QED) is 0.609. The van der Waals surface area contributed by atoms with Crippen LogP contribution < -0.4 is 15.4 Å². The van der Waals surface area contributed by atoms with Crippen LogP contribution in [0.2, 0.25) is 0 Å². The zero-order chi connectivity index (χ0) is 19.0. The smallest absolute Gasteiger partial charge is 0.405 e. The van der Waals surface area contributed by atoms with Crippen molar-refractivity contribution in [2.45, 2.75) is 26.3 Å². The summed E-state index contributed by atoms with van der Waals surface area (Å²) < 4.78 is 41.4. The summed E-state index contributed by atoms with van der Waals surface area (Å²) in [7, 11) is 1.60. The van der Waals surface area contributed by atoms with Crippen molar-refractivity contribution in [3.05, 3.63) is 59.4 Å². The molecule has 0 unspecified atom stereocenters. The molecule has 2 N–H and O–H groups in total. The van der Waals surface area contributed by atoms with Crippen LogP contribution in [-0.4, -0.2) is 30.9 Å². The van der Waals surface area contributed by atoms with Gasteiger partial charge >= 0.3 is 6.36 Å². The summed E-state index contributed by atoms with van der Waals surface area (Å²) in [6.45, 7) is 2.69. The molecular weight excluding hydrogens is 345 g/mol. The molecule has 0 amide bonds. The minimum Gasteiger partial charge on any atom is -0.405 e. The predicted octanol–water partition coefficient (Wildman–Crippen LogP) is 3.20. The Morgan fingerprint density at radius 1 is 1.15 bits per heavy atom. The first-order chi connectivity index (χ1) is 12.4. The Kier molecular flexibility index (Phi) is 6.82. The van der Waals surface area contributed by atoms with Gasteiger partial charge in [0.2, 0.25) is 0 Å². The lowest BCUT2D eigenvalue weighted by molar-refractivity contribution is -0.274. The number of aliphatic imine (C=N–C) groups is 1. The third kappa shape index (κ3) is 6.62. The number of hydrogen-bond donors (Lipinski definition) is 2. The number of benzene rings is 1. The molecule has 5 nitrogen and oxygen atoms in total. The summed E-state index contributed by atoms with van der Waals surface area (Å²) >= 11 is 0. The van der Waals surface area contributed by atoms with Gasteiger partial charge in [0.1, 0.15) is 5.75 Å². The maximum absolute atomic E-state index is 12.5. The van der Waals surface area contributed by atoms with E-state index in [-0.39, 0.29) is 12.3 Å². The van der Waals surface area contributed by atoms with E-state index in [1.54, 1.807) is 19.2 Å². The lowest BCUT2D eigenvalue weighted by Crippen LogP contribution is -2.38. The van der Waals surface area contributed by atoms with Gasteiger partial charge in [-0.2, -0.15) is 0 Å². The Hall–Kier alpha value is -2.77. The maximum atomic E-state index is 12.5. The number of aryl methyl sites for hydroxylation is 1. The van der Waals surface area contributed by atoms with Gasteiger partial charge in [0, 0.05) is 37.6 Å². The highest BCUT2D eigenvalue weighted by Gasteiger charge is 2.31. The second-order valence-electron chi connectivity index (χ2n) is 5.57. The van der Waals surface area contributed by atoms with Gasteiger partial charge in [0.15, 0.2) is 5.96 Å². The average Bonchev–Trinajstić information content (AvgIpc) is 2.59. The molecule has 1 heterocycles. The molecule has 0 spiro atoms. The molecule has 1 aromatic heterocycles. The Morgan fingerprint density at radius 2 is 1.92 bits per heavy atom. The molecule has 0 bridgehead atoms. The number of guanidine groups is 1. The topological polar surface area (TPSA) is 58.5 Å². The fourth-order valence-corrected chi connectivity index (χ4v) is 2.25. The Morgan fingerprint density at radius 3 is 2.58 bits per heavy atom. The summed E-state index contributed by atoms with van der Waals surface area (Å²) in [4.78, 5) is 8.30. The molecule has 0 atom stereocenters. The van der Waals surface area contributed by atoms with Gasteiger partial charge < -0.3 is 15.4 Å². The van der Waals surface area contributed by atoms with Gasteiger partial charge in [-0.1, -0.05) is 24.3 Å². The molecule has 140 valence electrons. The first kappa shape index (κ1) is 19.6. The summed E-state index contributed by atoms with van der Waals surface area (Å²) in [5, 5.41) is 6.10. The van der Waals surface area contributed by atoms with E-state index in [9.17, 15) is 13.2 Å². The number of nitrogens with zero attached hydrogens (tertiary/aromatic N) is 2. The highest BCUT2D eigenvalue weighted by Crippen LogP contribution is 2.25. The standard InChI is InChI=1S/C18H21F3N4O/c1-13-7-8-14(11-24-13)9-10-23-17(22-2)25-12-15-5-3-4-6-16(15)26-18(19,20)21/h3-8,11H,9-10,12H2,1-2H3,(H2,22,23,25). The summed E-state index contributed by atoms with van der Waals surface area (Å²) in [6, 6.07) is 9.95. The molecule has 0 aliphatic rings. The highest BCUT2D eigenvalue weighted by molar-refractivity contribution is 5.79. The minimum absolute atomic E-state index is 0.151. The number of aromatic nitrogens is 1. The average molecular weight is 366 g/mol. The van der Waals surface area contributed by atoms with E-state index in [0.717, 1.165) is 17.7 Å². The highest BCUT2D eigenvalue weighted by atomic mass is 19.4. The molecule has 0 radical (unpaired) electrons. The zero-order valence-corrected chi connectivity index (χ0v) is 14.6. The third-order valence-corrected chi connectivity index (χ3v) is 3.55. The number of para-hydroxylation sites is 1. The van der Waals surface area contributed by atoms with Crippen LogP contribution in [0.25, 0.3) is 0 Å². The van der Waals surface area contributed by atoms with Crippen molar-refractivity contribution in [2.24, 2.45) is 4.99 Å². The lowest BCUT2D eigenvalue weighted by atomic mass is 10.2. The molecule has 0 fully saturated rings. The van der Waals surface area contributed by atoms with Crippen molar-refractivity contribution in [3.63, 3.8) is 0 Å². The number of hydrogen-bond acceptors (Lipinski definition) is 3. The number of rotatable bonds is 6. The minimum atomic E-state index is -4.72. The molecule has 26 heavy (non-hydrogen) atoms. The Labute approximate surface area is 150 Å². The largest absolute Gasteiger partial charge is 0.573 e. The van der Waals surface area contributed by atoms with Gasteiger partial charge in [-0.05, 0) is 31.0 Å². The summed E-state index contributed by atoms with van der Waals surface area (Å²) in [6.07, 6.45) is -2.15. The van der Waals surface area contributed by atoms with Crippen molar-refractivity contribution in [1.82, 2.24) is 15.6 Å². The SMILES string of the molecule is CN=C(NCCc1ccc(C)nc1)NCc1ccccc1OC(F)(F)F. The van der Waals surface area contributed by atoms with E-state index < -0.39 is 6.36 Å². The van der Waals surface area contributed by atoms with E-state index in [1.165, 1.54) is 12.1 Å². The number of alkyl halides is 3. The van der Waals surface area contributed by atoms with Crippen molar-refractivity contribution < 1.29 is 17.9 Å². The molecule has 0 aliphatic heterocycles. The van der Waals surface area contributed by atoms with E-state index in [0.29, 0.717) is 18.1 Å². The number of ether oxygens (including phenoxy) is 1. The Balaban J connectivity index is 1.86. The lowest BCUT2D eigenvalue weighted by Gasteiger charge is -2.15. The zero-order valence-electron chi connectivity index (χ0n) is 14.6. The molecule has 2 aromatic rings. The van der Waals surface area contributed by atoms with Crippen molar-refractivity contribution in [2.75, 3.05) is 13.6 Å². The van der Waals surface area contributed by atoms with Crippen LogP contribution in [0.3, 0.4) is 0 Å². The summed E-state index contributed by atoms with van der Waals surface area (Å²) in [5.41, 5.74) is 2.43. The van der Waals surface area contributed by atoms with E-state index in [4.69, 9.17) is 0 Å². The maximum Gasteiger partial charge on any atom is 0.573 e. The molecule has 8 heteroatoms. The van der Waals surface area contributed by atoms with E-state index in [2.05, 4.69) is 25.3 Å². The van der Waals surface area contributed by atoms with Crippen LogP contribution >= 0.6 is 0 Å². The monoisotopic (exact) mass is 366 g/mol. The van der Waals surface area contributed by atoms with Crippen molar-refractivity contribution in [1.29, 1.82) is 0 Å².